The van der Waals surface area contributed by atoms with Gasteiger partial charge in [0.15, 0.2) is 6.10 Å². The lowest BCUT2D eigenvalue weighted by molar-refractivity contribution is -0.122. The highest BCUT2D eigenvalue weighted by atomic mass is 35.5. The molecule has 2 aromatic carbocycles. The van der Waals surface area contributed by atoms with Gasteiger partial charge in [0, 0.05) is 10.7 Å². The number of amides is 1. The van der Waals surface area contributed by atoms with Gasteiger partial charge in [-0.25, -0.2) is 0 Å². The van der Waals surface area contributed by atoms with E-state index >= 15 is 0 Å². The molecule has 0 aliphatic heterocycles. The van der Waals surface area contributed by atoms with Crippen molar-refractivity contribution in [1.29, 1.82) is 0 Å². The standard InChI is InChI=1S/C17H18ClNO2/c1-11-8-9-14(18)10-15(11)19-17(20)13(3)21-16-7-5-4-6-12(16)2/h4-10,13H,1-3H3,(H,19,20)/t13-/m0/s1. The van der Waals surface area contributed by atoms with Gasteiger partial charge in [-0.1, -0.05) is 35.9 Å². The summed E-state index contributed by atoms with van der Waals surface area (Å²) in [5.41, 5.74) is 2.65. The van der Waals surface area contributed by atoms with Gasteiger partial charge in [0.1, 0.15) is 5.75 Å². The molecular formula is C17H18ClNO2. The van der Waals surface area contributed by atoms with E-state index in [1.54, 1.807) is 19.1 Å². The van der Waals surface area contributed by atoms with Crippen molar-refractivity contribution < 1.29 is 9.53 Å². The average molecular weight is 304 g/mol. The molecule has 1 atom stereocenters. The van der Waals surface area contributed by atoms with E-state index in [9.17, 15) is 4.79 Å². The first-order chi connectivity index (χ1) is 9.97. The predicted octanol–water partition coefficient (Wildman–Crippen LogP) is 4.36. The third-order valence-electron chi connectivity index (χ3n) is 3.22. The van der Waals surface area contributed by atoms with Crippen LogP contribution in [0.3, 0.4) is 0 Å². The van der Waals surface area contributed by atoms with Crippen molar-refractivity contribution in [2.45, 2.75) is 26.9 Å². The van der Waals surface area contributed by atoms with Crippen molar-refractivity contribution in [3.05, 3.63) is 58.6 Å². The maximum absolute atomic E-state index is 12.2. The van der Waals surface area contributed by atoms with E-state index in [-0.39, 0.29) is 5.91 Å². The van der Waals surface area contributed by atoms with Crippen molar-refractivity contribution in [3.63, 3.8) is 0 Å². The van der Waals surface area contributed by atoms with Crippen molar-refractivity contribution in [2.75, 3.05) is 5.32 Å². The number of halogens is 1. The van der Waals surface area contributed by atoms with Crippen LogP contribution >= 0.6 is 11.6 Å². The van der Waals surface area contributed by atoms with Crippen molar-refractivity contribution in [2.24, 2.45) is 0 Å². The number of carbonyl (C=O) groups is 1. The van der Waals surface area contributed by atoms with Crippen LogP contribution in [-0.4, -0.2) is 12.0 Å². The number of benzene rings is 2. The molecule has 0 saturated heterocycles. The molecule has 0 aromatic heterocycles. The molecule has 2 rings (SSSR count). The van der Waals surface area contributed by atoms with Gasteiger partial charge in [-0.05, 0) is 50.1 Å². The molecule has 21 heavy (non-hydrogen) atoms. The molecule has 0 radical (unpaired) electrons. The van der Waals surface area contributed by atoms with Crippen LogP contribution in [0.2, 0.25) is 5.02 Å². The molecule has 0 heterocycles. The third-order valence-corrected chi connectivity index (χ3v) is 3.46. The van der Waals surface area contributed by atoms with Gasteiger partial charge >= 0.3 is 0 Å². The lowest BCUT2D eigenvalue weighted by Gasteiger charge is -2.17. The second-order valence-corrected chi connectivity index (χ2v) is 5.41. The minimum Gasteiger partial charge on any atom is -0.481 e. The number of anilines is 1. The highest BCUT2D eigenvalue weighted by molar-refractivity contribution is 6.31. The van der Waals surface area contributed by atoms with E-state index in [0.717, 1.165) is 11.1 Å². The van der Waals surface area contributed by atoms with E-state index < -0.39 is 6.10 Å². The molecule has 1 N–H and O–H groups in total. The first-order valence-electron chi connectivity index (χ1n) is 6.76. The number of hydrogen-bond donors (Lipinski definition) is 1. The second-order valence-electron chi connectivity index (χ2n) is 4.97. The highest BCUT2D eigenvalue weighted by Gasteiger charge is 2.16. The highest BCUT2D eigenvalue weighted by Crippen LogP contribution is 2.21. The summed E-state index contributed by atoms with van der Waals surface area (Å²) in [5.74, 6) is 0.506. The Balaban J connectivity index is 2.06. The van der Waals surface area contributed by atoms with Crippen molar-refractivity contribution in [3.8, 4) is 5.75 Å². The Labute approximate surface area is 129 Å². The van der Waals surface area contributed by atoms with E-state index in [1.165, 1.54) is 0 Å². The van der Waals surface area contributed by atoms with Gasteiger partial charge in [-0.15, -0.1) is 0 Å². The predicted molar refractivity (Wildman–Crippen MR) is 86.1 cm³/mol. The lowest BCUT2D eigenvalue weighted by Crippen LogP contribution is -2.30. The van der Waals surface area contributed by atoms with E-state index in [2.05, 4.69) is 5.32 Å². The normalized spacial score (nSPS) is 11.8. The Morgan fingerprint density at radius 2 is 1.86 bits per heavy atom. The zero-order valence-electron chi connectivity index (χ0n) is 12.3. The number of ether oxygens (including phenoxy) is 1. The lowest BCUT2D eigenvalue weighted by atomic mass is 10.2. The summed E-state index contributed by atoms with van der Waals surface area (Å²) in [6.45, 7) is 5.58. The Hall–Kier alpha value is -2.00. The summed E-state index contributed by atoms with van der Waals surface area (Å²) in [7, 11) is 0. The summed E-state index contributed by atoms with van der Waals surface area (Å²) in [5, 5.41) is 3.43. The van der Waals surface area contributed by atoms with Crippen LogP contribution in [0.15, 0.2) is 42.5 Å². The molecule has 3 nitrogen and oxygen atoms in total. The minimum absolute atomic E-state index is 0.205. The van der Waals surface area contributed by atoms with E-state index in [1.807, 2.05) is 44.2 Å². The first-order valence-corrected chi connectivity index (χ1v) is 7.14. The van der Waals surface area contributed by atoms with Gasteiger partial charge in [0.25, 0.3) is 5.91 Å². The maximum Gasteiger partial charge on any atom is 0.265 e. The second kappa shape index (κ2) is 6.64. The summed E-state index contributed by atoms with van der Waals surface area (Å²) < 4.78 is 5.70. The Morgan fingerprint density at radius 1 is 1.14 bits per heavy atom. The molecule has 4 heteroatoms. The van der Waals surface area contributed by atoms with Crippen molar-refractivity contribution >= 4 is 23.2 Å². The smallest absolute Gasteiger partial charge is 0.265 e. The molecule has 0 aliphatic carbocycles. The fourth-order valence-electron chi connectivity index (χ4n) is 1.90. The largest absolute Gasteiger partial charge is 0.481 e. The number of carbonyl (C=O) groups excluding carboxylic acids is 1. The van der Waals surface area contributed by atoms with Crippen LogP contribution in [0.5, 0.6) is 5.75 Å². The Kier molecular flexibility index (Phi) is 4.86. The fraction of sp³-hybridized carbons (Fsp3) is 0.235. The minimum atomic E-state index is -0.593. The number of hydrogen-bond acceptors (Lipinski definition) is 2. The monoisotopic (exact) mass is 303 g/mol. The van der Waals surface area contributed by atoms with E-state index in [4.69, 9.17) is 16.3 Å². The molecular weight excluding hydrogens is 286 g/mol. The van der Waals surface area contributed by atoms with E-state index in [0.29, 0.717) is 16.5 Å². The van der Waals surface area contributed by atoms with Crippen LogP contribution in [0.4, 0.5) is 5.69 Å². The third kappa shape index (κ3) is 3.99. The number of rotatable bonds is 4. The summed E-state index contributed by atoms with van der Waals surface area (Å²) in [6.07, 6.45) is -0.593. The van der Waals surface area contributed by atoms with Gasteiger partial charge in [-0.2, -0.15) is 0 Å². The van der Waals surface area contributed by atoms with Gasteiger partial charge in [-0.3, -0.25) is 4.79 Å². The molecule has 0 aliphatic rings. The van der Waals surface area contributed by atoms with Crippen molar-refractivity contribution in [1.82, 2.24) is 0 Å². The maximum atomic E-state index is 12.2. The number of nitrogens with one attached hydrogen (secondary N) is 1. The summed E-state index contributed by atoms with van der Waals surface area (Å²) in [6, 6.07) is 13.0. The number of para-hydroxylation sites is 1. The molecule has 110 valence electrons. The molecule has 0 spiro atoms. The van der Waals surface area contributed by atoms with Crippen LogP contribution in [0.25, 0.3) is 0 Å². The molecule has 0 bridgehead atoms. The Bertz CT molecular complexity index is 655. The molecule has 0 unspecified atom stereocenters. The van der Waals surface area contributed by atoms with Gasteiger partial charge in [0.05, 0.1) is 0 Å². The first kappa shape index (κ1) is 15.4. The van der Waals surface area contributed by atoms with Crippen LogP contribution in [0.1, 0.15) is 18.1 Å². The SMILES string of the molecule is Cc1ccc(Cl)cc1NC(=O)[C@H](C)Oc1ccccc1C. The molecule has 0 fully saturated rings. The van der Waals surface area contributed by atoms with Gasteiger partial charge < -0.3 is 10.1 Å². The fourth-order valence-corrected chi connectivity index (χ4v) is 2.07. The van der Waals surface area contributed by atoms with Crippen LogP contribution < -0.4 is 10.1 Å². The quantitative estimate of drug-likeness (QED) is 0.911. The zero-order chi connectivity index (χ0) is 15.4. The zero-order valence-corrected chi connectivity index (χ0v) is 13.1. The van der Waals surface area contributed by atoms with Crippen LogP contribution in [-0.2, 0) is 4.79 Å². The topological polar surface area (TPSA) is 38.3 Å². The van der Waals surface area contributed by atoms with Crippen LogP contribution in [0, 0.1) is 13.8 Å². The molecule has 1 amide bonds. The van der Waals surface area contributed by atoms with Gasteiger partial charge in [0.2, 0.25) is 0 Å². The molecule has 2 aromatic rings. The summed E-state index contributed by atoms with van der Waals surface area (Å²) in [4.78, 5) is 12.2. The number of aryl methyl sites for hydroxylation is 2. The summed E-state index contributed by atoms with van der Waals surface area (Å²) >= 11 is 5.95. The average Bonchev–Trinajstić information content (AvgIpc) is 2.45. The Morgan fingerprint density at radius 3 is 2.57 bits per heavy atom. The molecule has 0 saturated carbocycles.